The summed E-state index contributed by atoms with van der Waals surface area (Å²) in [4.78, 5) is 28.4. The van der Waals surface area contributed by atoms with Crippen molar-refractivity contribution < 1.29 is 66.1 Å². The first-order chi connectivity index (χ1) is 7.74. The maximum atomic E-state index is 10.8. The summed E-state index contributed by atoms with van der Waals surface area (Å²) in [6, 6.07) is 0. The molecule has 0 aromatic carbocycles. The van der Waals surface area contributed by atoms with Crippen molar-refractivity contribution in [3.05, 3.63) is 47.6 Å². The summed E-state index contributed by atoms with van der Waals surface area (Å²) < 4.78 is 0. The van der Waals surface area contributed by atoms with Gasteiger partial charge in [0.15, 0.2) is 0 Å². The molecule has 0 spiro atoms. The van der Waals surface area contributed by atoms with E-state index in [2.05, 4.69) is 9.97 Å². The van der Waals surface area contributed by atoms with Crippen LogP contribution in [0.2, 0.25) is 0 Å². The van der Waals surface area contributed by atoms with Crippen LogP contribution in [-0.2, 0) is 9.59 Å². The molecule has 0 radical (unpaired) electrons. The molecule has 1 aliphatic rings. The average molecular weight is 254 g/mol. The van der Waals surface area contributed by atoms with Crippen molar-refractivity contribution in [2.24, 2.45) is 0 Å². The summed E-state index contributed by atoms with van der Waals surface area (Å²) in [6.07, 6.45) is 7.67. The topological polar surface area (TPSA) is 85.9 Å². The number of aliphatic carboxylic acids is 1. The third kappa shape index (κ3) is 2.92. The van der Waals surface area contributed by atoms with Crippen LogP contribution in [0.1, 0.15) is 11.7 Å². The first-order valence-electron chi connectivity index (χ1n) is 4.58. The summed E-state index contributed by atoms with van der Waals surface area (Å²) in [7, 11) is 0. The number of nitrogens with one attached hydrogen (secondary N) is 1. The molecule has 1 aromatic rings. The van der Waals surface area contributed by atoms with E-state index < -0.39 is 11.9 Å². The summed E-state index contributed by atoms with van der Waals surface area (Å²) in [6.45, 7) is 0. The molecular formula is C11H7KN2O3. The number of imidazole rings is 1. The van der Waals surface area contributed by atoms with Gasteiger partial charge in [0.25, 0.3) is 0 Å². The second kappa shape index (κ2) is 6.25. The Bertz CT molecular complexity index is 525. The van der Waals surface area contributed by atoms with Crippen LogP contribution in [0.4, 0.5) is 0 Å². The number of hydrogen-bond acceptors (Lipinski definition) is 4. The zero-order chi connectivity index (χ0) is 11.5. The van der Waals surface area contributed by atoms with E-state index in [9.17, 15) is 14.7 Å². The largest absolute Gasteiger partial charge is 1.00 e. The minimum atomic E-state index is -1.39. The Morgan fingerprint density at radius 1 is 1.53 bits per heavy atom. The Morgan fingerprint density at radius 3 is 2.82 bits per heavy atom. The van der Waals surface area contributed by atoms with Crippen LogP contribution in [-0.4, -0.2) is 21.9 Å². The number of carboxylic acid groups (broad SMARTS) is 1. The third-order valence-corrected chi connectivity index (χ3v) is 2.31. The maximum Gasteiger partial charge on any atom is 1.00 e. The number of allylic oxidation sites excluding steroid dienone is 3. The molecule has 80 valence electrons. The molecule has 2 rings (SSSR count). The van der Waals surface area contributed by atoms with E-state index in [4.69, 9.17) is 0 Å². The SMILES string of the molecule is O=C=C1C(C(=O)[O-])=CC=CC1c1ncc[nH]1.[K+]. The Morgan fingerprint density at radius 2 is 2.29 bits per heavy atom. The second-order valence-corrected chi connectivity index (χ2v) is 3.22. The van der Waals surface area contributed by atoms with E-state index in [-0.39, 0.29) is 62.5 Å². The summed E-state index contributed by atoms with van der Waals surface area (Å²) in [5.41, 5.74) is -0.128. The van der Waals surface area contributed by atoms with Crippen molar-refractivity contribution in [3.8, 4) is 0 Å². The van der Waals surface area contributed by atoms with Gasteiger partial charge in [-0.05, 0) is 0 Å². The summed E-state index contributed by atoms with van der Waals surface area (Å²) in [5, 5.41) is 10.8. The molecule has 0 saturated carbocycles. The van der Waals surface area contributed by atoms with E-state index in [1.165, 1.54) is 12.3 Å². The smallest absolute Gasteiger partial charge is 0.545 e. The molecule has 0 fully saturated rings. The fourth-order valence-corrected chi connectivity index (χ4v) is 1.59. The molecule has 1 aromatic heterocycles. The number of H-pyrrole nitrogens is 1. The van der Waals surface area contributed by atoms with Crippen LogP contribution in [0, 0.1) is 0 Å². The number of aromatic amines is 1. The van der Waals surface area contributed by atoms with Crippen LogP contribution in [0.15, 0.2) is 41.8 Å². The van der Waals surface area contributed by atoms with Crippen LogP contribution in [0.5, 0.6) is 0 Å². The van der Waals surface area contributed by atoms with Crippen molar-refractivity contribution in [2.45, 2.75) is 5.92 Å². The molecule has 5 nitrogen and oxygen atoms in total. The van der Waals surface area contributed by atoms with Crippen molar-refractivity contribution in [1.29, 1.82) is 0 Å². The van der Waals surface area contributed by atoms with Gasteiger partial charge in [-0.2, -0.15) is 0 Å². The van der Waals surface area contributed by atoms with Gasteiger partial charge < -0.3 is 14.9 Å². The Balaban J connectivity index is 0.00000144. The number of carbonyl (C=O) groups is 1. The Labute approximate surface area is 140 Å². The van der Waals surface area contributed by atoms with E-state index in [0.717, 1.165) is 0 Å². The number of aromatic nitrogens is 2. The summed E-state index contributed by atoms with van der Waals surface area (Å²) >= 11 is 0. The maximum absolute atomic E-state index is 10.8. The van der Waals surface area contributed by atoms with Crippen LogP contribution in [0.3, 0.4) is 0 Å². The molecule has 1 unspecified atom stereocenters. The quantitative estimate of drug-likeness (QED) is 0.438. The minimum absolute atomic E-state index is 0. The number of hydrogen-bond donors (Lipinski definition) is 1. The first-order valence-corrected chi connectivity index (χ1v) is 4.58. The first kappa shape index (κ1) is 14.3. The molecule has 6 heteroatoms. The third-order valence-electron chi connectivity index (χ3n) is 2.31. The zero-order valence-electron chi connectivity index (χ0n) is 9.14. The van der Waals surface area contributed by atoms with Gasteiger partial charge in [-0.25, -0.2) is 9.78 Å². The average Bonchev–Trinajstić information content (AvgIpc) is 2.81. The fourth-order valence-electron chi connectivity index (χ4n) is 1.59. The number of rotatable bonds is 2. The van der Waals surface area contributed by atoms with Gasteiger partial charge in [-0.15, -0.1) is 0 Å². The van der Waals surface area contributed by atoms with Gasteiger partial charge in [0.05, 0.1) is 17.5 Å². The van der Waals surface area contributed by atoms with Crippen LogP contribution in [0.25, 0.3) is 0 Å². The number of nitrogens with zero attached hydrogens (tertiary/aromatic N) is 1. The van der Waals surface area contributed by atoms with Gasteiger partial charge in [-0.3, -0.25) is 0 Å². The standard InChI is InChI=1S/C11H8N2O3.K/c14-6-9-7(10-12-4-5-13-10)2-1-3-8(9)11(15)16;/h1-5,7H,(H,12,13)(H,15,16);/q;+1/p-1. The second-order valence-electron chi connectivity index (χ2n) is 3.22. The van der Waals surface area contributed by atoms with Gasteiger partial charge in [-0.1, -0.05) is 18.2 Å². The van der Waals surface area contributed by atoms with Gasteiger partial charge in [0.2, 0.25) is 0 Å². The molecule has 0 bridgehead atoms. The molecule has 1 N–H and O–H groups in total. The van der Waals surface area contributed by atoms with E-state index in [1.807, 2.05) is 0 Å². The molecule has 0 aliphatic heterocycles. The fraction of sp³-hybridized carbons (Fsp3) is 0.0909. The molecule has 1 aliphatic carbocycles. The summed E-state index contributed by atoms with van der Waals surface area (Å²) in [5.74, 6) is 0.243. The zero-order valence-corrected chi connectivity index (χ0v) is 12.3. The minimum Gasteiger partial charge on any atom is -0.545 e. The molecule has 0 saturated heterocycles. The molecule has 1 atom stereocenters. The molecule has 0 amide bonds. The molecule has 1 heterocycles. The number of carbonyl (C=O) groups excluding carboxylic acids is 2. The van der Waals surface area contributed by atoms with Gasteiger partial charge in [0.1, 0.15) is 11.8 Å². The van der Waals surface area contributed by atoms with Crippen molar-refractivity contribution in [1.82, 2.24) is 9.97 Å². The van der Waals surface area contributed by atoms with E-state index in [1.54, 1.807) is 24.3 Å². The molecular weight excluding hydrogens is 247 g/mol. The normalized spacial score (nSPS) is 18.0. The predicted molar refractivity (Wildman–Crippen MR) is 52.8 cm³/mol. The van der Waals surface area contributed by atoms with Crippen LogP contribution < -0.4 is 56.5 Å². The Hall–Kier alpha value is -0.754. The Kier molecular flexibility index (Phi) is 5.26. The van der Waals surface area contributed by atoms with E-state index in [0.29, 0.717) is 5.82 Å². The van der Waals surface area contributed by atoms with Crippen molar-refractivity contribution >= 4 is 11.9 Å². The van der Waals surface area contributed by atoms with Crippen molar-refractivity contribution in [3.63, 3.8) is 0 Å². The van der Waals surface area contributed by atoms with Gasteiger partial charge in [0, 0.05) is 18.0 Å². The predicted octanol–water partition coefficient (Wildman–Crippen LogP) is -3.50. The van der Waals surface area contributed by atoms with Crippen LogP contribution >= 0.6 is 0 Å². The molecule has 17 heavy (non-hydrogen) atoms. The van der Waals surface area contributed by atoms with Crippen molar-refractivity contribution in [2.75, 3.05) is 0 Å². The van der Waals surface area contributed by atoms with Gasteiger partial charge >= 0.3 is 51.4 Å². The monoisotopic (exact) mass is 254 g/mol. The number of carboxylic acids is 1. The van der Waals surface area contributed by atoms with E-state index >= 15 is 0 Å².